The van der Waals surface area contributed by atoms with Crippen LogP contribution in [0.1, 0.15) is 31.2 Å². The van der Waals surface area contributed by atoms with Crippen LogP contribution in [0.25, 0.3) is 0 Å². The molecule has 154 valence electrons. The first-order valence-corrected chi connectivity index (χ1v) is 8.92. The molecular formula is C18H23F2N2O6+. The molecule has 1 fully saturated rings. The standard InChI is InChI=1S/C18H23F2N2O6/c19-18(20)7-10-22(11-8-18,9-1-2-17(24)28-14-27-13-23)12-15-3-5-16(6-4-15)21(25)26/h3-6,13H,1-2,7-12,14H2/q+1. The molecule has 8 nitrogen and oxygen atoms in total. The Morgan fingerprint density at radius 3 is 2.46 bits per heavy atom. The second-order valence-corrected chi connectivity index (χ2v) is 6.95. The van der Waals surface area contributed by atoms with E-state index in [0.29, 0.717) is 24.0 Å². The quantitative estimate of drug-likeness (QED) is 0.114. The number of esters is 1. The van der Waals surface area contributed by atoms with Gasteiger partial charge in [-0.3, -0.25) is 19.7 Å². The second kappa shape index (κ2) is 9.54. The number of carbonyl (C=O) groups is 2. The summed E-state index contributed by atoms with van der Waals surface area (Å²) in [5.41, 5.74) is 0.790. The maximum Gasteiger partial charge on any atom is 0.308 e. The number of hydrogen-bond acceptors (Lipinski definition) is 6. The minimum absolute atomic E-state index is 0.0271. The summed E-state index contributed by atoms with van der Waals surface area (Å²) in [6.45, 7) is 1.19. The largest absolute Gasteiger partial charge is 0.430 e. The molecule has 1 aliphatic rings. The molecule has 0 bridgehead atoms. The molecule has 0 saturated carbocycles. The van der Waals surface area contributed by atoms with Crippen LogP contribution in [-0.4, -0.2) is 54.2 Å². The monoisotopic (exact) mass is 401 g/mol. The summed E-state index contributed by atoms with van der Waals surface area (Å²) in [6, 6.07) is 6.06. The number of likely N-dealkylation sites (tertiary alicyclic amines) is 1. The highest BCUT2D eigenvalue weighted by Crippen LogP contribution is 2.33. The molecule has 0 aromatic heterocycles. The van der Waals surface area contributed by atoms with Crippen molar-refractivity contribution in [1.29, 1.82) is 0 Å². The van der Waals surface area contributed by atoms with Gasteiger partial charge in [0.2, 0.25) is 6.79 Å². The van der Waals surface area contributed by atoms with E-state index in [1.54, 1.807) is 12.1 Å². The number of non-ortho nitro benzene ring substituents is 1. The molecule has 1 aliphatic heterocycles. The van der Waals surface area contributed by atoms with Gasteiger partial charge in [-0.25, -0.2) is 8.78 Å². The zero-order valence-corrected chi connectivity index (χ0v) is 15.4. The predicted molar refractivity (Wildman–Crippen MR) is 93.2 cm³/mol. The first-order chi connectivity index (χ1) is 13.3. The van der Waals surface area contributed by atoms with Crippen molar-refractivity contribution in [3.63, 3.8) is 0 Å². The van der Waals surface area contributed by atoms with Crippen LogP contribution in [0.2, 0.25) is 0 Å². The van der Waals surface area contributed by atoms with Crippen molar-refractivity contribution >= 4 is 18.1 Å². The highest BCUT2D eigenvalue weighted by molar-refractivity contribution is 5.69. The fraction of sp³-hybridized carbons (Fsp3) is 0.556. The smallest absolute Gasteiger partial charge is 0.308 e. The van der Waals surface area contributed by atoms with Crippen LogP contribution < -0.4 is 0 Å². The summed E-state index contributed by atoms with van der Waals surface area (Å²) in [5.74, 6) is -3.22. The number of piperidine rings is 1. The summed E-state index contributed by atoms with van der Waals surface area (Å²) >= 11 is 0. The van der Waals surface area contributed by atoms with Crippen molar-refractivity contribution in [1.82, 2.24) is 0 Å². The van der Waals surface area contributed by atoms with Crippen LogP contribution in [0.4, 0.5) is 14.5 Å². The number of ether oxygens (including phenoxy) is 2. The van der Waals surface area contributed by atoms with Gasteiger partial charge in [0.1, 0.15) is 6.54 Å². The molecular weight excluding hydrogens is 378 g/mol. The van der Waals surface area contributed by atoms with E-state index in [2.05, 4.69) is 4.74 Å². The average Bonchev–Trinajstić information content (AvgIpc) is 2.65. The molecule has 1 aromatic rings. The molecule has 28 heavy (non-hydrogen) atoms. The lowest BCUT2D eigenvalue weighted by atomic mass is 10.0. The highest BCUT2D eigenvalue weighted by Gasteiger charge is 2.43. The molecule has 1 saturated heterocycles. The summed E-state index contributed by atoms with van der Waals surface area (Å²) < 4.78 is 36.7. The van der Waals surface area contributed by atoms with Crippen LogP contribution in [0.15, 0.2) is 24.3 Å². The zero-order chi connectivity index (χ0) is 20.6. The van der Waals surface area contributed by atoms with Crippen molar-refractivity contribution < 1.29 is 37.2 Å². The topological polar surface area (TPSA) is 95.7 Å². The Bertz CT molecular complexity index is 686. The number of halogens is 2. The molecule has 10 heteroatoms. The minimum atomic E-state index is -2.69. The van der Waals surface area contributed by atoms with Gasteiger partial charge in [0.25, 0.3) is 18.1 Å². The van der Waals surface area contributed by atoms with Crippen LogP contribution in [0, 0.1) is 10.1 Å². The normalized spacial score (nSPS) is 17.5. The molecule has 1 heterocycles. The Morgan fingerprint density at radius 1 is 1.25 bits per heavy atom. The molecule has 0 spiro atoms. The van der Waals surface area contributed by atoms with E-state index >= 15 is 0 Å². The Kier molecular flexibility index (Phi) is 7.38. The third-order valence-corrected chi connectivity index (χ3v) is 4.94. The average molecular weight is 401 g/mol. The first kappa shape index (κ1) is 21.7. The number of nitrogens with zero attached hydrogens (tertiary/aromatic N) is 2. The van der Waals surface area contributed by atoms with Gasteiger partial charge in [-0.2, -0.15) is 0 Å². The highest BCUT2D eigenvalue weighted by atomic mass is 19.3. The fourth-order valence-corrected chi connectivity index (χ4v) is 3.37. The molecule has 0 N–H and O–H groups in total. The molecule has 0 radical (unpaired) electrons. The van der Waals surface area contributed by atoms with Crippen molar-refractivity contribution in [3.8, 4) is 0 Å². The number of quaternary nitrogens is 1. The van der Waals surface area contributed by atoms with Crippen molar-refractivity contribution in [2.24, 2.45) is 0 Å². The third kappa shape index (κ3) is 6.52. The number of nitro benzene ring substituents is 1. The molecule has 0 amide bonds. The summed E-state index contributed by atoms with van der Waals surface area (Å²) in [6.07, 6.45) is 0.0343. The second-order valence-electron chi connectivity index (χ2n) is 6.95. The zero-order valence-electron chi connectivity index (χ0n) is 15.4. The van der Waals surface area contributed by atoms with Crippen molar-refractivity contribution in [3.05, 3.63) is 39.9 Å². The lowest BCUT2D eigenvalue weighted by Gasteiger charge is -2.44. The van der Waals surface area contributed by atoms with Gasteiger partial charge in [-0.15, -0.1) is 0 Å². The van der Waals surface area contributed by atoms with E-state index < -0.39 is 23.6 Å². The van der Waals surface area contributed by atoms with E-state index in [1.165, 1.54) is 12.1 Å². The van der Waals surface area contributed by atoms with Gasteiger partial charge in [-0.05, 0) is 12.1 Å². The summed E-state index contributed by atoms with van der Waals surface area (Å²) in [4.78, 5) is 31.9. The van der Waals surface area contributed by atoms with Gasteiger partial charge < -0.3 is 14.0 Å². The van der Waals surface area contributed by atoms with E-state index in [4.69, 9.17) is 4.74 Å². The van der Waals surface area contributed by atoms with Crippen molar-refractivity contribution in [2.75, 3.05) is 26.4 Å². The van der Waals surface area contributed by atoms with Gasteiger partial charge in [0.15, 0.2) is 0 Å². The van der Waals surface area contributed by atoms with Gasteiger partial charge >= 0.3 is 5.97 Å². The molecule has 0 aliphatic carbocycles. The van der Waals surface area contributed by atoms with Crippen LogP contribution >= 0.6 is 0 Å². The molecule has 0 unspecified atom stereocenters. The maximum absolute atomic E-state index is 13.7. The third-order valence-electron chi connectivity index (χ3n) is 4.94. The van der Waals surface area contributed by atoms with E-state index in [0.717, 1.165) is 5.56 Å². The molecule has 2 rings (SSSR count). The molecule has 1 aromatic carbocycles. The van der Waals surface area contributed by atoms with E-state index in [1.807, 2.05) is 0 Å². The minimum Gasteiger partial charge on any atom is -0.430 e. The Labute approximate surface area is 160 Å². The lowest BCUT2D eigenvalue weighted by molar-refractivity contribution is -0.947. The number of benzene rings is 1. The predicted octanol–water partition coefficient (Wildman–Crippen LogP) is 2.79. The Morgan fingerprint density at radius 2 is 1.89 bits per heavy atom. The number of rotatable bonds is 10. The maximum atomic E-state index is 13.7. The van der Waals surface area contributed by atoms with Crippen LogP contribution in [0.3, 0.4) is 0 Å². The number of alkyl halides is 2. The van der Waals surface area contributed by atoms with Gasteiger partial charge in [0.05, 0.1) is 43.8 Å². The SMILES string of the molecule is O=COCOC(=O)CCC[N+]1(Cc2ccc([N+](=O)[O-])cc2)CCC(F)(F)CC1. The number of carbonyl (C=O) groups excluding carboxylic acids is 2. The Hall–Kier alpha value is -2.62. The van der Waals surface area contributed by atoms with Crippen molar-refractivity contribution in [2.45, 2.75) is 38.2 Å². The number of nitro groups is 1. The van der Waals surface area contributed by atoms with Crippen LogP contribution in [0.5, 0.6) is 0 Å². The summed E-state index contributed by atoms with van der Waals surface area (Å²) in [7, 11) is 0. The summed E-state index contributed by atoms with van der Waals surface area (Å²) in [5, 5.41) is 10.8. The van der Waals surface area contributed by atoms with E-state index in [-0.39, 0.29) is 44.5 Å². The molecule has 0 atom stereocenters. The van der Waals surface area contributed by atoms with E-state index in [9.17, 15) is 28.5 Å². The Balaban J connectivity index is 1.99. The lowest BCUT2D eigenvalue weighted by Crippen LogP contribution is -2.55. The van der Waals surface area contributed by atoms with Gasteiger partial charge in [0, 0.05) is 24.1 Å². The number of hydrogen-bond donors (Lipinski definition) is 0. The first-order valence-electron chi connectivity index (χ1n) is 8.92. The fourth-order valence-electron chi connectivity index (χ4n) is 3.37. The van der Waals surface area contributed by atoms with Gasteiger partial charge in [-0.1, -0.05) is 0 Å². The van der Waals surface area contributed by atoms with Crippen LogP contribution in [-0.2, 0) is 25.6 Å².